The van der Waals surface area contributed by atoms with Gasteiger partial charge < -0.3 is 28.7 Å². The molecule has 4 aromatic rings. The van der Waals surface area contributed by atoms with Gasteiger partial charge in [-0.05, 0) is 94.7 Å². The molecule has 0 aliphatic heterocycles. The lowest BCUT2D eigenvalue weighted by Crippen LogP contribution is -2.21. The number of carboxylic acid groups (broad SMARTS) is 1. The van der Waals surface area contributed by atoms with Crippen molar-refractivity contribution in [3.63, 3.8) is 0 Å². The van der Waals surface area contributed by atoms with E-state index in [0.29, 0.717) is 28.9 Å². The van der Waals surface area contributed by atoms with Crippen LogP contribution in [0.4, 0.5) is 13.2 Å². The highest BCUT2D eigenvalue weighted by molar-refractivity contribution is 5.85. The van der Waals surface area contributed by atoms with Gasteiger partial charge in [0.05, 0.1) is 29.5 Å². The molecule has 0 bridgehead atoms. The van der Waals surface area contributed by atoms with Crippen LogP contribution >= 0.6 is 0 Å². The molecule has 0 atom stereocenters. The minimum absolute atomic E-state index is 0.0284. The lowest BCUT2D eigenvalue weighted by atomic mass is 10.1. The fourth-order valence-corrected chi connectivity index (χ4v) is 3.47. The van der Waals surface area contributed by atoms with E-state index in [1.54, 1.807) is 6.07 Å². The van der Waals surface area contributed by atoms with Crippen molar-refractivity contribution in [2.75, 3.05) is 27.2 Å². The number of aliphatic carboxylic acids is 1. The van der Waals surface area contributed by atoms with Gasteiger partial charge in [-0.25, -0.2) is 14.4 Å². The number of benzene rings is 2. The molecule has 2 heterocycles. The average Bonchev–Trinajstić information content (AvgIpc) is 2.84. The monoisotopic (exact) mass is 579 g/mol. The SMILES string of the molecule is Cc1cc2oc(=O)cc(O)c2cc1C.Cc1cc2oc(=O)cc(OCCCN(C)C)c2cc1C.O=C(O)C(F)(F)F. The number of carbonyl (C=O) groups is 1. The molecule has 0 fully saturated rings. The third-order valence-corrected chi connectivity index (χ3v) is 5.91. The lowest BCUT2D eigenvalue weighted by Gasteiger charge is -2.12. The molecule has 0 aliphatic rings. The van der Waals surface area contributed by atoms with Crippen LogP contribution in [0.3, 0.4) is 0 Å². The molecule has 2 aromatic carbocycles. The number of carboxylic acids is 1. The van der Waals surface area contributed by atoms with Gasteiger partial charge in [-0.2, -0.15) is 13.2 Å². The average molecular weight is 580 g/mol. The van der Waals surface area contributed by atoms with Crippen LogP contribution in [0.5, 0.6) is 11.5 Å². The zero-order valence-corrected chi connectivity index (χ0v) is 23.5. The molecule has 0 amide bonds. The van der Waals surface area contributed by atoms with Gasteiger partial charge in [-0.1, -0.05) is 0 Å². The predicted molar refractivity (Wildman–Crippen MR) is 148 cm³/mol. The van der Waals surface area contributed by atoms with E-state index in [2.05, 4.69) is 4.90 Å². The number of halogens is 3. The second kappa shape index (κ2) is 13.8. The smallest absolute Gasteiger partial charge is 0.490 e. The zero-order valence-electron chi connectivity index (χ0n) is 23.5. The van der Waals surface area contributed by atoms with E-state index >= 15 is 0 Å². The van der Waals surface area contributed by atoms with Crippen LogP contribution in [-0.2, 0) is 4.79 Å². The summed E-state index contributed by atoms with van der Waals surface area (Å²) in [6.45, 7) is 9.45. The number of hydrogen-bond acceptors (Lipinski definition) is 8. The number of nitrogens with zero attached hydrogens (tertiary/aromatic N) is 1. The van der Waals surface area contributed by atoms with Crippen molar-refractivity contribution in [2.24, 2.45) is 0 Å². The Morgan fingerprint density at radius 2 is 1.27 bits per heavy atom. The van der Waals surface area contributed by atoms with Crippen molar-refractivity contribution in [1.29, 1.82) is 0 Å². The van der Waals surface area contributed by atoms with E-state index in [9.17, 15) is 27.9 Å². The third kappa shape index (κ3) is 9.67. The maximum absolute atomic E-state index is 11.6. The first-order chi connectivity index (χ1) is 19.0. The van der Waals surface area contributed by atoms with Crippen molar-refractivity contribution in [2.45, 2.75) is 40.3 Å². The van der Waals surface area contributed by atoms with Gasteiger partial charge in [0.25, 0.3) is 0 Å². The third-order valence-electron chi connectivity index (χ3n) is 5.91. The topological polar surface area (TPSA) is 130 Å². The number of rotatable bonds is 5. The van der Waals surface area contributed by atoms with Gasteiger partial charge in [0.2, 0.25) is 0 Å². The number of alkyl halides is 3. The van der Waals surface area contributed by atoms with Gasteiger partial charge in [0.1, 0.15) is 22.7 Å². The summed E-state index contributed by atoms with van der Waals surface area (Å²) in [6, 6.07) is 9.96. The Hall–Kier alpha value is -4.32. The molecular weight excluding hydrogens is 547 g/mol. The molecule has 41 heavy (non-hydrogen) atoms. The quantitative estimate of drug-likeness (QED) is 0.233. The van der Waals surface area contributed by atoms with Gasteiger partial charge in [-0.3, -0.25) is 0 Å². The molecule has 2 aromatic heterocycles. The van der Waals surface area contributed by atoms with Gasteiger partial charge >= 0.3 is 23.4 Å². The second-order valence-corrected chi connectivity index (χ2v) is 9.55. The van der Waals surface area contributed by atoms with E-state index in [-0.39, 0.29) is 11.4 Å². The van der Waals surface area contributed by atoms with E-state index in [1.165, 1.54) is 6.07 Å². The maximum atomic E-state index is 11.6. The minimum Gasteiger partial charge on any atom is -0.507 e. The first kappa shape index (κ1) is 32.9. The number of aryl methyl sites for hydroxylation is 4. The lowest BCUT2D eigenvalue weighted by molar-refractivity contribution is -0.192. The van der Waals surface area contributed by atoms with Crippen molar-refractivity contribution in [1.82, 2.24) is 4.90 Å². The highest BCUT2D eigenvalue weighted by Crippen LogP contribution is 2.27. The van der Waals surface area contributed by atoms with Crippen LogP contribution in [-0.4, -0.2) is 54.5 Å². The highest BCUT2D eigenvalue weighted by Gasteiger charge is 2.38. The Morgan fingerprint density at radius 1 is 0.829 bits per heavy atom. The summed E-state index contributed by atoms with van der Waals surface area (Å²) in [4.78, 5) is 33.6. The van der Waals surface area contributed by atoms with E-state index < -0.39 is 17.8 Å². The predicted octanol–water partition coefficient (Wildman–Crippen LogP) is 5.49. The van der Waals surface area contributed by atoms with Crippen LogP contribution in [0.25, 0.3) is 21.9 Å². The molecule has 4 rings (SSSR count). The zero-order chi connectivity index (χ0) is 31.1. The molecule has 0 radical (unpaired) electrons. The van der Waals surface area contributed by atoms with Crippen molar-refractivity contribution >= 4 is 27.9 Å². The van der Waals surface area contributed by atoms with E-state index in [4.69, 9.17) is 23.5 Å². The maximum Gasteiger partial charge on any atom is 0.490 e. The summed E-state index contributed by atoms with van der Waals surface area (Å²) >= 11 is 0. The van der Waals surface area contributed by atoms with Crippen LogP contribution < -0.4 is 16.0 Å². The number of hydrogen-bond donors (Lipinski definition) is 2. The van der Waals surface area contributed by atoms with Gasteiger partial charge in [0, 0.05) is 6.54 Å². The molecule has 12 heteroatoms. The standard InChI is InChI=1S/C16H21NO3.C11H10O3.C2HF3O2/c1-11-8-13-14(19-7-5-6-17(3)4)10-16(18)20-15(13)9-12(11)2;1-6-3-8-9(12)5-11(13)14-10(8)4-7(6)2;3-2(4,5)1(6)7/h8-10H,5-7H2,1-4H3;3-5,12H,1-2H3;(H,6,7). The summed E-state index contributed by atoms with van der Waals surface area (Å²) in [7, 11) is 4.05. The van der Waals surface area contributed by atoms with Crippen LogP contribution in [0.1, 0.15) is 28.7 Å². The Kier molecular flexibility index (Phi) is 11.1. The fourth-order valence-electron chi connectivity index (χ4n) is 3.47. The number of fused-ring (bicyclic) bond motifs is 2. The fraction of sp³-hybridized carbons (Fsp3) is 0.345. The van der Waals surface area contributed by atoms with Crippen molar-refractivity contribution in [3.8, 4) is 11.5 Å². The summed E-state index contributed by atoms with van der Waals surface area (Å²) in [5, 5.41) is 18.1. The summed E-state index contributed by atoms with van der Waals surface area (Å²) in [5.41, 5.74) is 4.46. The summed E-state index contributed by atoms with van der Waals surface area (Å²) in [5.74, 6) is -2.18. The van der Waals surface area contributed by atoms with Crippen molar-refractivity contribution in [3.05, 3.63) is 79.5 Å². The van der Waals surface area contributed by atoms with Crippen LogP contribution in [0.15, 0.2) is 54.8 Å². The van der Waals surface area contributed by atoms with Crippen LogP contribution in [0, 0.1) is 27.7 Å². The molecule has 9 nitrogen and oxygen atoms in total. The summed E-state index contributed by atoms with van der Waals surface area (Å²) in [6.07, 6.45) is -4.17. The largest absolute Gasteiger partial charge is 0.507 e. The Balaban J connectivity index is 0.000000242. The molecule has 0 aliphatic carbocycles. The molecule has 0 spiro atoms. The summed E-state index contributed by atoms with van der Waals surface area (Å²) < 4.78 is 47.7. The Morgan fingerprint density at radius 3 is 1.76 bits per heavy atom. The Bertz CT molecular complexity index is 1640. The van der Waals surface area contributed by atoms with E-state index in [0.717, 1.165) is 46.7 Å². The number of aromatic hydroxyl groups is 1. The van der Waals surface area contributed by atoms with Crippen LogP contribution in [0.2, 0.25) is 0 Å². The number of ether oxygens (including phenoxy) is 1. The normalized spacial score (nSPS) is 11.1. The second-order valence-electron chi connectivity index (χ2n) is 9.55. The first-order valence-corrected chi connectivity index (χ1v) is 12.4. The first-order valence-electron chi connectivity index (χ1n) is 12.4. The van der Waals surface area contributed by atoms with Crippen molar-refractivity contribution < 1.29 is 41.8 Å². The van der Waals surface area contributed by atoms with E-state index in [1.807, 2.05) is 60.0 Å². The molecule has 0 unspecified atom stereocenters. The Labute approximate surface area is 233 Å². The minimum atomic E-state index is -5.08. The molecule has 222 valence electrons. The molecule has 0 saturated heterocycles. The molecule has 0 saturated carbocycles. The highest BCUT2D eigenvalue weighted by atomic mass is 19.4. The molecule has 2 N–H and O–H groups in total. The van der Waals surface area contributed by atoms with Gasteiger partial charge in [0.15, 0.2) is 0 Å². The molecular formula is C29H32F3NO8. The van der Waals surface area contributed by atoms with Gasteiger partial charge in [-0.15, -0.1) is 0 Å².